The molecule has 0 radical (unpaired) electrons. The van der Waals surface area contributed by atoms with Crippen LogP contribution in [0.2, 0.25) is 5.15 Å². The second-order valence-electron chi connectivity index (χ2n) is 5.61. The van der Waals surface area contributed by atoms with E-state index in [9.17, 15) is 9.90 Å². The van der Waals surface area contributed by atoms with Crippen molar-refractivity contribution in [1.82, 2.24) is 9.88 Å². The van der Waals surface area contributed by atoms with Crippen LogP contribution in [0.1, 0.15) is 24.4 Å². The first-order valence-corrected chi connectivity index (χ1v) is 7.94. The number of halogens is 1. The largest absolute Gasteiger partial charge is 0.508 e. The van der Waals surface area contributed by atoms with Crippen LogP contribution in [0.15, 0.2) is 42.6 Å². The number of likely N-dealkylation sites (tertiary alicyclic amines) is 1. The number of anilines is 1. The van der Waals surface area contributed by atoms with Crippen LogP contribution >= 0.6 is 11.6 Å². The summed E-state index contributed by atoms with van der Waals surface area (Å²) >= 11 is 5.96. The minimum atomic E-state index is -0.106. The summed E-state index contributed by atoms with van der Waals surface area (Å²) in [7, 11) is 0. The van der Waals surface area contributed by atoms with Crippen LogP contribution in [-0.4, -0.2) is 34.0 Å². The highest BCUT2D eigenvalue weighted by Crippen LogP contribution is 2.32. The van der Waals surface area contributed by atoms with Gasteiger partial charge >= 0.3 is 0 Å². The number of aromatic nitrogens is 1. The van der Waals surface area contributed by atoms with E-state index >= 15 is 0 Å². The molecule has 120 valence electrons. The van der Waals surface area contributed by atoms with E-state index in [4.69, 9.17) is 11.6 Å². The van der Waals surface area contributed by atoms with Crippen LogP contribution in [0.4, 0.5) is 5.69 Å². The zero-order chi connectivity index (χ0) is 16.2. The minimum absolute atomic E-state index is 0.106. The lowest BCUT2D eigenvalue weighted by Crippen LogP contribution is -2.33. The third-order valence-corrected chi connectivity index (χ3v) is 4.32. The molecule has 1 aliphatic rings. The summed E-state index contributed by atoms with van der Waals surface area (Å²) in [5.41, 5.74) is 1.65. The Labute approximate surface area is 139 Å². The van der Waals surface area contributed by atoms with Crippen LogP contribution in [-0.2, 0) is 4.79 Å². The van der Waals surface area contributed by atoms with Gasteiger partial charge in [-0.3, -0.25) is 9.69 Å². The Bertz CT molecular complexity index is 690. The predicted octanol–water partition coefficient (Wildman–Crippen LogP) is 3.22. The Morgan fingerprint density at radius 2 is 2.13 bits per heavy atom. The number of aromatic hydroxyl groups is 1. The number of benzene rings is 1. The van der Waals surface area contributed by atoms with Crippen molar-refractivity contribution in [2.24, 2.45) is 0 Å². The fourth-order valence-corrected chi connectivity index (χ4v) is 3.11. The number of pyridine rings is 1. The van der Waals surface area contributed by atoms with Gasteiger partial charge in [0.05, 0.1) is 12.2 Å². The van der Waals surface area contributed by atoms with Gasteiger partial charge in [0.25, 0.3) is 0 Å². The maximum Gasteiger partial charge on any atom is 0.238 e. The second-order valence-corrected chi connectivity index (χ2v) is 5.97. The van der Waals surface area contributed by atoms with E-state index in [-0.39, 0.29) is 22.9 Å². The lowest BCUT2D eigenvalue weighted by molar-refractivity contribution is -0.117. The van der Waals surface area contributed by atoms with Gasteiger partial charge in [-0.1, -0.05) is 23.7 Å². The van der Waals surface area contributed by atoms with E-state index in [1.807, 2.05) is 12.1 Å². The average Bonchev–Trinajstić information content (AvgIpc) is 2.98. The Morgan fingerprint density at radius 3 is 2.87 bits per heavy atom. The number of rotatable bonds is 4. The van der Waals surface area contributed by atoms with Gasteiger partial charge < -0.3 is 10.4 Å². The lowest BCUT2D eigenvalue weighted by Gasteiger charge is -2.24. The maximum absolute atomic E-state index is 12.3. The normalized spacial score (nSPS) is 18.0. The summed E-state index contributed by atoms with van der Waals surface area (Å²) in [4.78, 5) is 18.4. The first kappa shape index (κ1) is 15.8. The molecule has 23 heavy (non-hydrogen) atoms. The molecule has 3 rings (SSSR count). The SMILES string of the molecule is O=C(CN1CCCC1c1ccc(O)cc1)Nc1cccnc1Cl. The Hall–Kier alpha value is -2.11. The smallest absolute Gasteiger partial charge is 0.238 e. The lowest BCUT2D eigenvalue weighted by atomic mass is 10.0. The van der Waals surface area contributed by atoms with E-state index in [0.717, 1.165) is 24.9 Å². The standard InChI is InChI=1S/C17H18ClN3O2/c18-17-14(3-1-9-19-17)20-16(23)11-21-10-2-4-15(21)12-5-7-13(22)8-6-12/h1,3,5-9,15,22H,2,4,10-11H2,(H,20,23). The van der Waals surface area contributed by atoms with Crippen LogP contribution in [0.3, 0.4) is 0 Å². The number of nitrogens with one attached hydrogen (secondary N) is 1. The third kappa shape index (κ3) is 3.81. The quantitative estimate of drug-likeness (QED) is 0.844. The molecule has 1 aliphatic heterocycles. The fraction of sp³-hybridized carbons (Fsp3) is 0.294. The summed E-state index contributed by atoms with van der Waals surface area (Å²) < 4.78 is 0. The van der Waals surface area contributed by atoms with Crippen molar-refractivity contribution < 1.29 is 9.90 Å². The maximum atomic E-state index is 12.3. The van der Waals surface area contributed by atoms with Gasteiger partial charge in [0.2, 0.25) is 5.91 Å². The van der Waals surface area contributed by atoms with E-state index in [0.29, 0.717) is 12.2 Å². The Kier molecular flexibility index (Phi) is 4.79. The molecular formula is C17H18ClN3O2. The van der Waals surface area contributed by atoms with Crippen LogP contribution in [0.5, 0.6) is 5.75 Å². The van der Waals surface area contributed by atoms with Crippen molar-refractivity contribution in [3.05, 3.63) is 53.3 Å². The Morgan fingerprint density at radius 1 is 1.35 bits per heavy atom. The zero-order valence-corrected chi connectivity index (χ0v) is 13.3. The first-order chi connectivity index (χ1) is 11.1. The predicted molar refractivity (Wildman–Crippen MR) is 89.5 cm³/mol. The van der Waals surface area contributed by atoms with Gasteiger partial charge in [0.1, 0.15) is 5.75 Å². The molecule has 2 aromatic rings. The summed E-state index contributed by atoms with van der Waals surface area (Å²) in [5.74, 6) is 0.146. The molecule has 1 atom stereocenters. The Balaban J connectivity index is 1.65. The van der Waals surface area contributed by atoms with Crippen molar-refractivity contribution in [3.63, 3.8) is 0 Å². The minimum Gasteiger partial charge on any atom is -0.508 e. The van der Waals surface area contributed by atoms with Crippen molar-refractivity contribution in [1.29, 1.82) is 0 Å². The van der Waals surface area contributed by atoms with Gasteiger partial charge in [0.15, 0.2) is 5.15 Å². The highest BCUT2D eigenvalue weighted by atomic mass is 35.5. The molecule has 5 nitrogen and oxygen atoms in total. The molecule has 2 N–H and O–H groups in total. The van der Waals surface area contributed by atoms with Crippen molar-refractivity contribution in [3.8, 4) is 5.75 Å². The van der Waals surface area contributed by atoms with Crippen molar-refractivity contribution >= 4 is 23.2 Å². The van der Waals surface area contributed by atoms with E-state index in [1.165, 1.54) is 0 Å². The van der Waals surface area contributed by atoms with Gasteiger partial charge in [-0.25, -0.2) is 4.98 Å². The fourth-order valence-electron chi connectivity index (χ4n) is 2.94. The molecular weight excluding hydrogens is 314 g/mol. The number of hydrogen-bond acceptors (Lipinski definition) is 4. The van der Waals surface area contributed by atoms with E-state index in [2.05, 4.69) is 15.2 Å². The molecule has 1 unspecified atom stereocenters. The molecule has 0 saturated carbocycles. The highest BCUT2D eigenvalue weighted by Gasteiger charge is 2.27. The van der Waals surface area contributed by atoms with Gasteiger partial charge in [-0.05, 0) is 49.2 Å². The summed E-state index contributed by atoms with van der Waals surface area (Å²) in [6.07, 6.45) is 3.64. The molecule has 2 heterocycles. The molecule has 1 saturated heterocycles. The molecule has 1 aromatic carbocycles. The molecule has 0 aliphatic carbocycles. The monoisotopic (exact) mass is 331 g/mol. The van der Waals surface area contributed by atoms with Gasteiger partial charge in [-0.15, -0.1) is 0 Å². The molecule has 0 spiro atoms. The number of nitrogens with zero attached hydrogens (tertiary/aromatic N) is 2. The second kappa shape index (κ2) is 6.98. The number of phenols is 1. The molecule has 1 fully saturated rings. The van der Waals surface area contributed by atoms with E-state index in [1.54, 1.807) is 30.5 Å². The molecule has 1 aromatic heterocycles. The molecule has 1 amide bonds. The van der Waals surface area contributed by atoms with Crippen molar-refractivity contribution in [2.45, 2.75) is 18.9 Å². The van der Waals surface area contributed by atoms with E-state index < -0.39 is 0 Å². The number of carbonyl (C=O) groups is 1. The number of carbonyl (C=O) groups excluding carboxylic acids is 1. The first-order valence-electron chi connectivity index (χ1n) is 7.57. The van der Waals surface area contributed by atoms with Crippen molar-refractivity contribution in [2.75, 3.05) is 18.4 Å². The van der Waals surface area contributed by atoms with Gasteiger partial charge in [0, 0.05) is 12.2 Å². The molecule has 6 heteroatoms. The summed E-state index contributed by atoms with van der Waals surface area (Å²) in [5, 5.41) is 12.5. The molecule has 0 bridgehead atoms. The third-order valence-electron chi connectivity index (χ3n) is 4.02. The number of amides is 1. The zero-order valence-electron chi connectivity index (χ0n) is 12.6. The van der Waals surface area contributed by atoms with Crippen LogP contribution < -0.4 is 5.32 Å². The number of phenolic OH excluding ortho intramolecular Hbond substituents is 1. The highest BCUT2D eigenvalue weighted by molar-refractivity contribution is 6.32. The number of hydrogen-bond donors (Lipinski definition) is 2. The van der Waals surface area contributed by atoms with Crippen LogP contribution in [0, 0.1) is 0 Å². The van der Waals surface area contributed by atoms with Crippen LogP contribution in [0.25, 0.3) is 0 Å². The average molecular weight is 332 g/mol. The van der Waals surface area contributed by atoms with Gasteiger partial charge in [-0.2, -0.15) is 0 Å². The topological polar surface area (TPSA) is 65.5 Å². The summed E-state index contributed by atoms with van der Waals surface area (Å²) in [6.45, 7) is 1.18. The summed E-state index contributed by atoms with van der Waals surface area (Å²) in [6, 6.07) is 10.8.